The zero-order chi connectivity index (χ0) is 17.6. The molecule has 2 N–H and O–H groups in total. The molecular weight excluding hydrogens is 441 g/mol. The Morgan fingerprint density at radius 1 is 1.04 bits per heavy atom. The molecule has 3 rings (SSSR count). The topological polar surface area (TPSA) is 62.7 Å². The normalized spacial score (nSPS) is 32.3. The lowest BCUT2D eigenvalue weighted by molar-refractivity contribution is -0.149. The van der Waals surface area contributed by atoms with E-state index in [9.17, 15) is 4.79 Å². The summed E-state index contributed by atoms with van der Waals surface area (Å²) >= 11 is 0. The maximum Gasteiger partial charge on any atom is 0.308 e. The lowest BCUT2D eigenvalue weighted by Gasteiger charge is -2.29. The number of nitrogens with one attached hydrogen (secondary N) is 2. The molecule has 150 valence electrons. The third-order valence-electron chi connectivity index (χ3n) is 6.33. The first-order valence-corrected chi connectivity index (χ1v) is 10.4. The Hall–Kier alpha value is -0.530. The summed E-state index contributed by atoms with van der Waals surface area (Å²) < 4.78 is 5.15. The second-order valence-electron chi connectivity index (χ2n) is 8.07. The van der Waals surface area contributed by atoms with E-state index in [0.29, 0.717) is 18.7 Å². The standard InChI is InChI=1S/C20H35N3O2.HI/c1-3-25-19(24)15-9-11-16(12-10-15)22-20(21-2)23-18-13-17(18)14-7-5-4-6-8-14;/h14-18H,3-13H2,1-2H3,(H2,21,22,23);1H. The molecule has 0 heterocycles. The smallest absolute Gasteiger partial charge is 0.308 e. The van der Waals surface area contributed by atoms with Crippen molar-refractivity contribution in [1.29, 1.82) is 0 Å². The van der Waals surface area contributed by atoms with Crippen molar-refractivity contribution in [2.75, 3.05) is 13.7 Å². The minimum atomic E-state index is -0.0169. The third kappa shape index (κ3) is 5.99. The summed E-state index contributed by atoms with van der Waals surface area (Å²) in [7, 11) is 1.86. The number of carbonyl (C=O) groups is 1. The van der Waals surface area contributed by atoms with Crippen LogP contribution in [0.25, 0.3) is 0 Å². The predicted molar refractivity (Wildman–Crippen MR) is 116 cm³/mol. The van der Waals surface area contributed by atoms with Gasteiger partial charge in [-0.25, -0.2) is 0 Å². The van der Waals surface area contributed by atoms with Gasteiger partial charge in [-0.15, -0.1) is 24.0 Å². The Balaban J connectivity index is 0.00000243. The van der Waals surface area contributed by atoms with Crippen molar-refractivity contribution in [3.63, 3.8) is 0 Å². The molecule has 3 aliphatic carbocycles. The molecule has 0 spiro atoms. The zero-order valence-corrected chi connectivity index (χ0v) is 18.7. The van der Waals surface area contributed by atoms with E-state index >= 15 is 0 Å². The number of halogens is 1. The SMILES string of the molecule is CCOC(=O)C1CCC(NC(=NC)NC2CC2C2CCCCC2)CC1.I. The van der Waals surface area contributed by atoms with Gasteiger partial charge in [-0.2, -0.15) is 0 Å². The first-order chi connectivity index (χ1) is 12.2. The summed E-state index contributed by atoms with van der Waals surface area (Å²) in [5.41, 5.74) is 0. The number of nitrogens with zero attached hydrogens (tertiary/aromatic N) is 1. The van der Waals surface area contributed by atoms with Crippen LogP contribution in [-0.2, 0) is 9.53 Å². The number of guanidine groups is 1. The number of ether oxygens (including phenoxy) is 1. The Labute approximate surface area is 175 Å². The van der Waals surface area contributed by atoms with Crippen LogP contribution < -0.4 is 10.6 Å². The second-order valence-corrected chi connectivity index (χ2v) is 8.07. The van der Waals surface area contributed by atoms with Crippen molar-refractivity contribution in [2.45, 2.75) is 83.2 Å². The lowest BCUT2D eigenvalue weighted by atomic mass is 9.85. The van der Waals surface area contributed by atoms with Crippen molar-refractivity contribution in [3.8, 4) is 0 Å². The van der Waals surface area contributed by atoms with Crippen molar-refractivity contribution in [3.05, 3.63) is 0 Å². The molecule has 26 heavy (non-hydrogen) atoms. The van der Waals surface area contributed by atoms with Gasteiger partial charge in [-0.1, -0.05) is 32.1 Å². The highest BCUT2D eigenvalue weighted by Crippen LogP contribution is 2.44. The average Bonchev–Trinajstić information content (AvgIpc) is 3.42. The monoisotopic (exact) mass is 477 g/mol. The molecule has 0 aromatic carbocycles. The Morgan fingerprint density at radius 2 is 1.73 bits per heavy atom. The van der Waals surface area contributed by atoms with Gasteiger partial charge in [0.1, 0.15) is 0 Å². The van der Waals surface area contributed by atoms with Gasteiger partial charge in [0.15, 0.2) is 5.96 Å². The minimum absolute atomic E-state index is 0. The number of hydrogen-bond donors (Lipinski definition) is 2. The van der Waals surface area contributed by atoms with Crippen LogP contribution in [0.2, 0.25) is 0 Å². The Kier molecular flexibility index (Phi) is 8.97. The molecule has 0 aliphatic heterocycles. The van der Waals surface area contributed by atoms with Gasteiger partial charge in [0.25, 0.3) is 0 Å². The van der Waals surface area contributed by atoms with E-state index in [-0.39, 0.29) is 35.9 Å². The number of rotatable bonds is 5. The summed E-state index contributed by atoms with van der Waals surface area (Å²) in [6.45, 7) is 2.36. The number of hydrogen-bond acceptors (Lipinski definition) is 3. The molecule has 5 nitrogen and oxygen atoms in total. The lowest BCUT2D eigenvalue weighted by Crippen LogP contribution is -2.46. The molecule has 0 aromatic heterocycles. The maximum absolute atomic E-state index is 11.8. The predicted octanol–water partition coefficient (Wildman–Crippen LogP) is 3.86. The zero-order valence-electron chi connectivity index (χ0n) is 16.3. The summed E-state index contributed by atoms with van der Waals surface area (Å²) in [5, 5.41) is 7.22. The highest BCUT2D eigenvalue weighted by molar-refractivity contribution is 14.0. The largest absolute Gasteiger partial charge is 0.466 e. The second kappa shape index (κ2) is 10.7. The third-order valence-corrected chi connectivity index (χ3v) is 6.33. The summed E-state index contributed by atoms with van der Waals surface area (Å²) in [4.78, 5) is 16.3. The number of esters is 1. The molecule has 3 saturated carbocycles. The van der Waals surface area contributed by atoms with Gasteiger partial charge < -0.3 is 15.4 Å². The molecular formula is C20H36IN3O2. The van der Waals surface area contributed by atoms with Crippen molar-refractivity contribution < 1.29 is 9.53 Å². The van der Waals surface area contributed by atoms with Crippen molar-refractivity contribution in [2.24, 2.45) is 22.7 Å². The average molecular weight is 477 g/mol. The summed E-state index contributed by atoms with van der Waals surface area (Å²) in [5.74, 6) is 2.81. The highest BCUT2D eigenvalue weighted by atomic mass is 127. The molecule has 2 unspecified atom stereocenters. The van der Waals surface area contributed by atoms with Gasteiger partial charge >= 0.3 is 5.97 Å². The van der Waals surface area contributed by atoms with Crippen LogP contribution in [0.5, 0.6) is 0 Å². The van der Waals surface area contributed by atoms with Crippen molar-refractivity contribution in [1.82, 2.24) is 10.6 Å². The van der Waals surface area contributed by atoms with E-state index in [1.807, 2.05) is 14.0 Å². The quantitative estimate of drug-likeness (QED) is 0.273. The molecule has 2 atom stereocenters. The first-order valence-electron chi connectivity index (χ1n) is 10.4. The van der Waals surface area contributed by atoms with E-state index in [1.165, 1.54) is 38.5 Å². The van der Waals surface area contributed by atoms with Crippen LogP contribution in [-0.4, -0.2) is 37.7 Å². The molecule has 0 radical (unpaired) electrons. The minimum Gasteiger partial charge on any atom is -0.466 e. The molecule has 3 aliphatic rings. The molecule has 0 aromatic rings. The van der Waals surface area contributed by atoms with Crippen molar-refractivity contribution >= 4 is 35.9 Å². The van der Waals surface area contributed by atoms with E-state index in [0.717, 1.165) is 43.5 Å². The van der Waals surface area contributed by atoms with Crippen LogP contribution in [0.3, 0.4) is 0 Å². The van der Waals surface area contributed by atoms with E-state index in [2.05, 4.69) is 15.6 Å². The van der Waals surface area contributed by atoms with Gasteiger partial charge in [-0.05, 0) is 50.9 Å². The van der Waals surface area contributed by atoms with Gasteiger partial charge in [0.05, 0.1) is 12.5 Å². The van der Waals surface area contributed by atoms with Gasteiger partial charge in [0.2, 0.25) is 0 Å². The van der Waals surface area contributed by atoms with Gasteiger partial charge in [0, 0.05) is 19.1 Å². The van der Waals surface area contributed by atoms with Gasteiger partial charge in [-0.3, -0.25) is 9.79 Å². The number of aliphatic imine (C=N–C) groups is 1. The van der Waals surface area contributed by atoms with E-state index < -0.39 is 0 Å². The maximum atomic E-state index is 11.8. The van der Waals surface area contributed by atoms with E-state index in [4.69, 9.17) is 4.74 Å². The molecule has 0 amide bonds. The Morgan fingerprint density at radius 3 is 2.35 bits per heavy atom. The van der Waals surface area contributed by atoms with Crippen LogP contribution in [0.1, 0.15) is 71.1 Å². The Bertz CT molecular complexity index is 472. The summed E-state index contributed by atoms with van der Waals surface area (Å²) in [6.07, 6.45) is 12.3. The first kappa shape index (κ1) is 21.8. The molecule has 0 bridgehead atoms. The molecule has 6 heteroatoms. The highest BCUT2D eigenvalue weighted by Gasteiger charge is 2.43. The fraction of sp³-hybridized carbons (Fsp3) is 0.900. The molecule has 0 saturated heterocycles. The fourth-order valence-electron chi connectivity index (χ4n) is 4.74. The molecule has 3 fully saturated rings. The number of carbonyl (C=O) groups excluding carboxylic acids is 1. The van der Waals surface area contributed by atoms with Crippen LogP contribution in [0.4, 0.5) is 0 Å². The van der Waals surface area contributed by atoms with Crippen LogP contribution in [0, 0.1) is 17.8 Å². The summed E-state index contributed by atoms with van der Waals surface area (Å²) in [6, 6.07) is 1.04. The van der Waals surface area contributed by atoms with E-state index in [1.54, 1.807) is 0 Å². The fourth-order valence-corrected chi connectivity index (χ4v) is 4.74. The van der Waals surface area contributed by atoms with Crippen LogP contribution >= 0.6 is 24.0 Å². The van der Waals surface area contributed by atoms with Crippen LogP contribution in [0.15, 0.2) is 4.99 Å².